The zero-order chi connectivity index (χ0) is 31.5. The standard InChI is InChI=1S/C34H46N4O6/c1-34(2,3)30(32(41)37-18-20-38(21-19-37)33(42)44-28-16-8-5-9-17-28)35-31(40)27(22-25-12-10-11-13-25)23-29(39)36-43-24-26-14-6-4-7-15-26/h4-9,14-17,25,27,30H,10-13,18-24H2,1-3H3,(H,35,40)(H,36,39)/t27-,30-/m1/s1. The van der Waals surface area contributed by atoms with Crippen molar-refractivity contribution in [3.63, 3.8) is 0 Å². The van der Waals surface area contributed by atoms with Crippen LogP contribution in [-0.4, -0.2) is 65.8 Å². The van der Waals surface area contributed by atoms with Gasteiger partial charge < -0.3 is 19.9 Å². The predicted molar refractivity (Wildman–Crippen MR) is 166 cm³/mol. The van der Waals surface area contributed by atoms with Gasteiger partial charge in [-0.1, -0.05) is 95.0 Å². The summed E-state index contributed by atoms with van der Waals surface area (Å²) in [5.41, 5.74) is 2.84. The quantitative estimate of drug-likeness (QED) is 0.359. The van der Waals surface area contributed by atoms with Gasteiger partial charge in [0.2, 0.25) is 17.7 Å². The van der Waals surface area contributed by atoms with Crippen molar-refractivity contribution in [2.75, 3.05) is 26.2 Å². The molecule has 0 radical (unpaired) electrons. The number of para-hydroxylation sites is 1. The maximum atomic E-state index is 13.8. The van der Waals surface area contributed by atoms with Gasteiger partial charge in [-0.2, -0.15) is 0 Å². The summed E-state index contributed by atoms with van der Waals surface area (Å²) >= 11 is 0. The minimum absolute atomic E-state index is 0.0234. The van der Waals surface area contributed by atoms with Crippen LogP contribution in [0.4, 0.5) is 4.79 Å². The maximum absolute atomic E-state index is 13.8. The number of hydrogen-bond donors (Lipinski definition) is 2. The molecule has 2 fully saturated rings. The average Bonchev–Trinajstić information content (AvgIpc) is 3.53. The van der Waals surface area contributed by atoms with E-state index in [-0.39, 0.29) is 30.7 Å². The summed E-state index contributed by atoms with van der Waals surface area (Å²) < 4.78 is 5.45. The van der Waals surface area contributed by atoms with Gasteiger partial charge in [-0.25, -0.2) is 10.3 Å². The van der Waals surface area contributed by atoms with Gasteiger partial charge in [0.1, 0.15) is 11.8 Å². The molecule has 4 amide bonds. The van der Waals surface area contributed by atoms with Crippen molar-refractivity contribution >= 4 is 23.8 Å². The molecular formula is C34H46N4O6. The first-order valence-electron chi connectivity index (χ1n) is 15.7. The molecule has 238 valence electrons. The molecule has 1 heterocycles. The zero-order valence-electron chi connectivity index (χ0n) is 26.1. The lowest BCUT2D eigenvalue weighted by atomic mass is 9.84. The summed E-state index contributed by atoms with van der Waals surface area (Å²) in [5.74, 6) is -0.603. The number of ether oxygens (including phenoxy) is 1. The minimum atomic E-state index is -0.790. The number of hydroxylamine groups is 1. The van der Waals surface area contributed by atoms with Crippen molar-refractivity contribution in [2.24, 2.45) is 17.3 Å². The van der Waals surface area contributed by atoms with Crippen molar-refractivity contribution < 1.29 is 28.8 Å². The molecule has 2 N–H and O–H groups in total. The summed E-state index contributed by atoms with van der Waals surface area (Å²) in [6.45, 7) is 7.29. The number of nitrogens with zero attached hydrogens (tertiary/aromatic N) is 2. The Morgan fingerprint density at radius 3 is 2.07 bits per heavy atom. The highest BCUT2D eigenvalue weighted by atomic mass is 16.6. The van der Waals surface area contributed by atoms with Gasteiger partial charge in [0.15, 0.2) is 0 Å². The molecule has 0 bridgehead atoms. The van der Waals surface area contributed by atoms with E-state index in [2.05, 4.69) is 10.8 Å². The molecular weight excluding hydrogens is 560 g/mol. The lowest BCUT2D eigenvalue weighted by molar-refractivity contribution is -0.143. The van der Waals surface area contributed by atoms with Crippen LogP contribution in [0.15, 0.2) is 60.7 Å². The molecule has 4 rings (SSSR count). The number of carbonyl (C=O) groups excluding carboxylic acids is 4. The Balaban J connectivity index is 1.34. The number of carbonyl (C=O) groups is 4. The molecule has 10 nitrogen and oxygen atoms in total. The van der Waals surface area contributed by atoms with Crippen LogP contribution in [0.1, 0.15) is 64.9 Å². The second-order valence-corrected chi connectivity index (χ2v) is 12.9. The van der Waals surface area contributed by atoms with Crippen molar-refractivity contribution in [3.8, 4) is 5.75 Å². The maximum Gasteiger partial charge on any atom is 0.415 e. The number of nitrogens with one attached hydrogen (secondary N) is 2. The fourth-order valence-corrected chi connectivity index (χ4v) is 5.83. The first-order valence-corrected chi connectivity index (χ1v) is 15.7. The Kier molecular flexibility index (Phi) is 11.8. The van der Waals surface area contributed by atoms with Gasteiger partial charge in [-0.3, -0.25) is 19.2 Å². The van der Waals surface area contributed by atoms with Crippen molar-refractivity contribution in [1.29, 1.82) is 0 Å². The highest BCUT2D eigenvalue weighted by Gasteiger charge is 2.39. The first kappa shape index (κ1) is 33.0. The number of hydrogen-bond acceptors (Lipinski definition) is 6. The van der Waals surface area contributed by atoms with Crippen molar-refractivity contribution in [3.05, 3.63) is 66.2 Å². The molecule has 1 saturated heterocycles. The molecule has 1 aliphatic heterocycles. The Labute approximate surface area is 260 Å². The van der Waals surface area contributed by atoms with E-state index >= 15 is 0 Å². The van der Waals surface area contributed by atoms with Crippen LogP contribution >= 0.6 is 0 Å². The molecule has 44 heavy (non-hydrogen) atoms. The van der Waals surface area contributed by atoms with Crippen LogP contribution in [0.25, 0.3) is 0 Å². The van der Waals surface area contributed by atoms with Gasteiger partial charge in [0.25, 0.3) is 0 Å². The summed E-state index contributed by atoms with van der Waals surface area (Å²) in [7, 11) is 0. The smallest absolute Gasteiger partial charge is 0.410 e. The van der Waals surface area contributed by atoms with Crippen LogP contribution in [0.2, 0.25) is 0 Å². The molecule has 1 aliphatic carbocycles. The SMILES string of the molecule is CC(C)(C)[C@H](NC(=O)[C@@H](CC(=O)NOCc1ccccc1)CC1CCCC1)C(=O)N1CCN(C(=O)Oc2ccccc2)CC1. The minimum Gasteiger partial charge on any atom is -0.410 e. The Bertz CT molecular complexity index is 1240. The van der Waals surface area contributed by atoms with E-state index in [1.165, 1.54) is 0 Å². The molecule has 2 aromatic carbocycles. The molecule has 2 atom stereocenters. The van der Waals surface area contributed by atoms with E-state index in [1.54, 1.807) is 34.1 Å². The van der Waals surface area contributed by atoms with Crippen LogP contribution in [0, 0.1) is 17.3 Å². The summed E-state index contributed by atoms with van der Waals surface area (Å²) in [5, 5.41) is 3.03. The van der Waals surface area contributed by atoms with Crippen molar-refractivity contribution in [1.82, 2.24) is 20.6 Å². The third kappa shape index (κ3) is 9.80. The fourth-order valence-electron chi connectivity index (χ4n) is 5.83. The third-order valence-corrected chi connectivity index (χ3v) is 8.36. The largest absolute Gasteiger partial charge is 0.415 e. The highest BCUT2D eigenvalue weighted by molar-refractivity contribution is 5.91. The van der Waals surface area contributed by atoms with Gasteiger partial charge >= 0.3 is 6.09 Å². The average molecular weight is 607 g/mol. The first-order chi connectivity index (χ1) is 21.1. The summed E-state index contributed by atoms with van der Waals surface area (Å²) in [4.78, 5) is 61.7. The second kappa shape index (κ2) is 15.7. The monoisotopic (exact) mass is 606 g/mol. The number of benzene rings is 2. The van der Waals surface area contributed by atoms with Gasteiger partial charge in [0.05, 0.1) is 6.61 Å². The van der Waals surface area contributed by atoms with E-state index in [0.717, 1.165) is 31.2 Å². The Morgan fingerprint density at radius 1 is 0.864 bits per heavy atom. The number of piperazine rings is 1. The Morgan fingerprint density at radius 2 is 1.45 bits per heavy atom. The number of rotatable bonds is 11. The lowest BCUT2D eigenvalue weighted by Crippen LogP contribution is -2.60. The fraction of sp³-hybridized carbons (Fsp3) is 0.529. The molecule has 0 aromatic heterocycles. The molecule has 10 heteroatoms. The van der Waals surface area contributed by atoms with E-state index in [1.807, 2.05) is 57.2 Å². The summed E-state index contributed by atoms with van der Waals surface area (Å²) in [6.07, 6.45) is 4.43. The molecule has 0 spiro atoms. The van der Waals surface area contributed by atoms with Gasteiger partial charge in [-0.15, -0.1) is 0 Å². The van der Waals surface area contributed by atoms with E-state index in [4.69, 9.17) is 9.57 Å². The normalized spacial score (nSPS) is 17.1. The van der Waals surface area contributed by atoms with E-state index < -0.39 is 23.5 Å². The summed E-state index contributed by atoms with van der Waals surface area (Å²) in [6, 6.07) is 17.6. The van der Waals surface area contributed by atoms with E-state index in [0.29, 0.717) is 44.3 Å². The molecule has 2 aliphatic rings. The van der Waals surface area contributed by atoms with Crippen molar-refractivity contribution in [2.45, 2.75) is 71.9 Å². The van der Waals surface area contributed by atoms with Gasteiger partial charge in [-0.05, 0) is 35.4 Å². The topological polar surface area (TPSA) is 117 Å². The Hall–Kier alpha value is -3.92. The van der Waals surface area contributed by atoms with E-state index in [9.17, 15) is 19.2 Å². The second-order valence-electron chi connectivity index (χ2n) is 12.9. The third-order valence-electron chi connectivity index (χ3n) is 8.36. The lowest BCUT2D eigenvalue weighted by Gasteiger charge is -2.39. The van der Waals surface area contributed by atoms with Crippen LogP contribution in [0.5, 0.6) is 5.75 Å². The van der Waals surface area contributed by atoms with Crippen LogP contribution in [-0.2, 0) is 25.8 Å². The predicted octanol–water partition coefficient (Wildman–Crippen LogP) is 4.70. The van der Waals surface area contributed by atoms with Gasteiger partial charge in [0, 0.05) is 38.5 Å². The molecule has 1 saturated carbocycles. The molecule has 2 aromatic rings. The zero-order valence-corrected chi connectivity index (χ0v) is 26.1. The number of amides is 4. The van der Waals surface area contributed by atoms with Crippen LogP contribution in [0.3, 0.4) is 0 Å². The van der Waals surface area contributed by atoms with Crippen LogP contribution < -0.4 is 15.5 Å². The highest BCUT2D eigenvalue weighted by Crippen LogP contribution is 2.32. The molecule has 0 unspecified atom stereocenters.